The molecule has 0 aliphatic heterocycles. The Labute approximate surface area is 83.7 Å². The fraction of sp³-hybridized carbons (Fsp3) is 0.250. The molecule has 0 N–H and O–H groups in total. The van der Waals surface area contributed by atoms with Gasteiger partial charge in [-0.25, -0.2) is 0 Å². The van der Waals surface area contributed by atoms with Gasteiger partial charge in [0.15, 0.2) is 0 Å². The molecule has 0 spiro atoms. The van der Waals surface area contributed by atoms with E-state index in [1.165, 1.54) is 0 Å². The molecular weight excluding hydrogens is 234 g/mol. The highest BCUT2D eigenvalue weighted by atomic mass is 79.9. The molecule has 0 radical (unpaired) electrons. The van der Waals surface area contributed by atoms with Crippen LogP contribution in [0.25, 0.3) is 11.6 Å². The Hall–Kier alpha value is -1.10. The fourth-order valence-electron chi connectivity index (χ4n) is 1.14. The maximum Gasteiger partial charge on any atom is 0.264 e. The number of hydrogen-bond acceptors (Lipinski definition) is 3. The van der Waals surface area contributed by atoms with Gasteiger partial charge in [-0.05, 0) is 22.0 Å². The van der Waals surface area contributed by atoms with Gasteiger partial charge in [-0.3, -0.25) is 0 Å². The molecule has 0 saturated heterocycles. The average Bonchev–Trinajstić information content (AvgIpc) is 2.58. The standard InChI is InChI=1S/C8H8BrN3O/c1-5-10-11-8(13-5)7-3-6(9)4-12(7)2/h3-4H,1-2H3. The second kappa shape index (κ2) is 2.99. The molecule has 0 aromatic carbocycles. The molecule has 68 valence electrons. The van der Waals surface area contributed by atoms with Gasteiger partial charge in [0.05, 0.1) is 0 Å². The number of hydrogen-bond donors (Lipinski definition) is 0. The number of halogens is 1. The van der Waals surface area contributed by atoms with Crippen molar-refractivity contribution in [3.63, 3.8) is 0 Å². The molecule has 0 aliphatic carbocycles. The van der Waals surface area contributed by atoms with Crippen LogP contribution >= 0.6 is 15.9 Å². The minimum absolute atomic E-state index is 0.547. The van der Waals surface area contributed by atoms with Gasteiger partial charge in [-0.1, -0.05) is 0 Å². The molecule has 2 aromatic rings. The van der Waals surface area contributed by atoms with E-state index in [9.17, 15) is 0 Å². The number of rotatable bonds is 1. The lowest BCUT2D eigenvalue weighted by molar-refractivity contribution is 0.528. The van der Waals surface area contributed by atoms with Crippen LogP contribution in [-0.2, 0) is 7.05 Å². The van der Waals surface area contributed by atoms with Gasteiger partial charge >= 0.3 is 0 Å². The zero-order chi connectivity index (χ0) is 9.42. The molecule has 0 fully saturated rings. The van der Waals surface area contributed by atoms with Crippen molar-refractivity contribution in [1.29, 1.82) is 0 Å². The van der Waals surface area contributed by atoms with Crippen molar-refractivity contribution in [2.24, 2.45) is 7.05 Å². The second-order valence-electron chi connectivity index (χ2n) is 2.78. The SMILES string of the molecule is Cc1nnc(-c2cc(Br)cn2C)o1. The van der Waals surface area contributed by atoms with Crippen LogP contribution in [0.15, 0.2) is 21.2 Å². The molecule has 0 amide bonds. The molecule has 2 heterocycles. The van der Waals surface area contributed by atoms with E-state index in [0.29, 0.717) is 11.8 Å². The molecule has 0 aliphatic rings. The van der Waals surface area contributed by atoms with Crippen molar-refractivity contribution in [3.8, 4) is 11.6 Å². The third-order valence-corrected chi connectivity index (χ3v) is 2.15. The first-order valence-corrected chi connectivity index (χ1v) is 4.58. The van der Waals surface area contributed by atoms with Crippen LogP contribution in [0.4, 0.5) is 0 Å². The maximum absolute atomic E-state index is 5.30. The third kappa shape index (κ3) is 1.51. The Morgan fingerprint density at radius 2 is 2.23 bits per heavy atom. The monoisotopic (exact) mass is 241 g/mol. The molecule has 0 bridgehead atoms. The maximum atomic E-state index is 5.30. The minimum atomic E-state index is 0.547. The lowest BCUT2D eigenvalue weighted by Gasteiger charge is -1.94. The zero-order valence-corrected chi connectivity index (χ0v) is 8.87. The first kappa shape index (κ1) is 8.50. The largest absolute Gasteiger partial charge is 0.420 e. The van der Waals surface area contributed by atoms with E-state index in [4.69, 9.17) is 4.42 Å². The van der Waals surface area contributed by atoms with Crippen LogP contribution in [0, 0.1) is 6.92 Å². The van der Waals surface area contributed by atoms with E-state index in [1.54, 1.807) is 6.92 Å². The van der Waals surface area contributed by atoms with Gasteiger partial charge in [-0.15, -0.1) is 10.2 Å². The average molecular weight is 242 g/mol. The molecule has 13 heavy (non-hydrogen) atoms. The molecule has 2 rings (SSSR count). The predicted molar refractivity (Wildman–Crippen MR) is 51.1 cm³/mol. The lowest BCUT2D eigenvalue weighted by atomic mass is 10.4. The van der Waals surface area contributed by atoms with E-state index in [-0.39, 0.29) is 0 Å². The van der Waals surface area contributed by atoms with Crippen LogP contribution in [0.3, 0.4) is 0 Å². The predicted octanol–water partition coefficient (Wildman–Crippen LogP) is 2.15. The molecular formula is C8H8BrN3O. The highest BCUT2D eigenvalue weighted by Crippen LogP contribution is 2.22. The summed E-state index contributed by atoms with van der Waals surface area (Å²) in [5, 5.41) is 7.70. The summed E-state index contributed by atoms with van der Waals surface area (Å²) in [5.74, 6) is 1.12. The van der Waals surface area contributed by atoms with Crippen molar-refractivity contribution in [3.05, 3.63) is 22.6 Å². The quantitative estimate of drug-likeness (QED) is 0.769. The summed E-state index contributed by atoms with van der Waals surface area (Å²) in [5.41, 5.74) is 0.910. The number of aryl methyl sites for hydroxylation is 2. The first-order chi connectivity index (χ1) is 6.16. The Bertz CT molecular complexity index is 432. The van der Waals surface area contributed by atoms with E-state index in [0.717, 1.165) is 10.2 Å². The lowest BCUT2D eigenvalue weighted by Crippen LogP contribution is -1.88. The van der Waals surface area contributed by atoms with Crippen LogP contribution in [-0.4, -0.2) is 14.8 Å². The summed E-state index contributed by atoms with van der Waals surface area (Å²) in [7, 11) is 1.93. The molecule has 0 unspecified atom stereocenters. The van der Waals surface area contributed by atoms with Gasteiger partial charge in [0.2, 0.25) is 5.89 Å². The highest BCUT2D eigenvalue weighted by Gasteiger charge is 2.10. The summed E-state index contributed by atoms with van der Waals surface area (Å²) in [6.45, 7) is 1.77. The molecule has 2 aromatic heterocycles. The minimum Gasteiger partial charge on any atom is -0.420 e. The van der Waals surface area contributed by atoms with E-state index in [2.05, 4.69) is 26.1 Å². The summed E-state index contributed by atoms with van der Waals surface area (Å²) < 4.78 is 8.23. The summed E-state index contributed by atoms with van der Waals surface area (Å²) in [6.07, 6.45) is 1.94. The Morgan fingerprint density at radius 3 is 2.69 bits per heavy atom. The van der Waals surface area contributed by atoms with Crippen molar-refractivity contribution in [1.82, 2.24) is 14.8 Å². The summed E-state index contributed by atoms with van der Waals surface area (Å²) in [6, 6.07) is 1.94. The van der Waals surface area contributed by atoms with Crippen molar-refractivity contribution < 1.29 is 4.42 Å². The highest BCUT2D eigenvalue weighted by molar-refractivity contribution is 9.10. The van der Waals surface area contributed by atoms with Gasteiger partial charge < -0.3 is 8.98 Å². The van der Waals surface area contributed by atoms with Gasteiger partial charge in [-0.2, -0.15) is 0 Å². The third-order valence-electron chi connectivity index (χ3n) is 1.72. The van der Waals surface area contributed by atoms with Crippen LogP contribution < -0.4 is 0 Å². The fourth-order valence-corrected chi connectivity index (χ4v) is 1.66. The normalized spacial score (nSPS) is 10.7. The Balaban J connectivity index is 2.51. The van der Waals surface area contributed by atoms with Gasteiger partial charge in [0.25, 0.3) is 5.89 Å². The second-order valence-corrected chi connectivity index (χ2v) is 3.70. The van der Waals surface area contributed by atoms with Gasteiger partial charge in [0.1, 0.15) is 5.69 Å². The van der Waals surface area contributed by atoms with Crippen LogP contribution in [0.2, 0.25) is 0 Å². The molecule has 4 nitrogen and oxygen atoms in total. The van der Waals surface area contributed by atoms with Crippen LogP contribution in [0.5, 0.6) is 0 Å². The number of aromatic nitrogens is 3. The van der Waals surface area contributed by atoms with Crippen molar-refractivity contribution in [2.75, 3.05) is 0 Å². The first-order valence-electron chi connectivity index (χ1n) is 3.79. The van der Waals surface area contributed by atoms with Gasteiger partial charge in [0, 0.05) is 24.6 Å². The zero-order valence-electron chi connectivity index (χ0n) is 7.28. The van der Waals surface area contributed by atoms with Crippen molar-refractivity contribution >= 4 is 15.9 Å². The smallest absolute Gasteiger partial charge is 0.264 e. The van der Waals surface area contributed by atoms with E-state index >= 15 is 0 Å². The van der Waals surface area contributed by atoms with E-state index in [1.807, 2.05) is 23.9 Å². The number of nitrogens with zero attached hydrogens (tertiary/aromatic N) is 3. The Morgan fingerprint density at radius 1 is 1.46 bits per heavy atom. The van der Waals surface area contributed by atoms with Crippen LogP contribution in [0.1, 0.15) is 5.89 Å². The summed E-state index contributed by atoms with van der Waals surface area (Å²) >= 11 is 3.38. The molecule has 0 atom stereocenters. The van der Waals surface area contributed by atoms with Crippen molar-refractivity contribution in [2.45, 2.75) is 6.92 Å². The molecule has 0 saturated carbocycles. The Kier molecular flexibility index (Phi) is 1.95. The summed E-state index contributed by atoms with van der Waals surface area (Å²) in [4.78, 5) is 0. The topological polar surface area (TPSA) is 43.9 Å². The van der Waals surface area contributed by atoms with E-state index < -0.39 is 0 Å². The molecule has 5 heteroatoms.